The molecule has 0 heterocycles. The van der Waals surface area contributed by atoms with E-state index in [1.165, 1.54) is 257 Å². The van der Waals surface area contributed by atoms with E-state index in [0.717, 1.165) is 89.9 Å². The van der Waals surface area contributed by atoms with Gasteiger partial charge >= 0.3 is 17.9 Å². The lowest BCUT2D eigenvalue weighted by molar-refractivity contribution is -0.167. The van der Waals surface area contributed by atoms with E-state index in [-0.39, 0.29) is 31.1 Å². The van der Waals surface area contributed by atoms with Crippen molar-refractivity contribution in [1.29, 1.82) is 0 Å². The Balaban J connectivity index is 4.11. The highest BCUT2D eigenvalue weighted by Gasteiger charge is 2.19. The molecule has 468 valence electrons. The molecular weight excluding hydrogens is 985 g/mol. The van der Waals surface area contributed by atoms with Crippen molar-refractivity contribution < 1.29 is 28.6 Å². The molecule has 0 fully saturated rings. The van der Waals surface area contributed by atoms with Gasteiger partial charge in [-0.2, -0.15) is 0 Å². The molecule has 6 heteroatoms. The van der Waals surface area contributed by atoms with Crippen molar-refractivity contribution in [2.24, 2.45) is 0 Å². The number of rotatable bonds is 66. The minimum Gasteiger partial charge on any atom is -0.462 e. The topological polar surface area (TPSA) is 78.9 Å². The Morgan fingerprint density at radius 2 is 0.475 bits per heavy atom. The first-order valence-corrected chi connectivity index (χ1v) is 35.6. The van der Waals surface area contributed by atoms with Crippen molar-refractivity contribution in [2.45, 2.75) is 393 Å². The van der Waals surface area contributed by atoms with Gasteiger partial charge in [0.2, 0.25) is 0 Å². The molecule has 0 spiro atoms. The van der Waals surface area contributed by atoms with E-state index in [2.05, 4.69) is 69.4 Å². The molecule has 0 bridgehead atoms. The van der Waals surface area contributed by atoms with E-state index >= 15 is 0 Å². The van der Waals surface area contributed by atoms with Crippen LogP contribution in [0, 0.1) is 0 Å². The maximum Gasteiger partial charge on any atom is 0.306 e. The fourth-order valence-electron chi connectivity index (χ4n) is 10.7. The molecule has 0 aliphatic carbocycles. The van der Waals surface area contributed by atoms with Gasteiger partial charge in [0.1, 0.15) is 13.2 Å². The molecule has 0 aliphatic rings. The van der Waals surface area contributed by atoms with Gasteiger partial charge in [-0.15, -0.1) is 0 Å². The van der Waals surface area contributed by atoms with Gasteiger partial charge in [0.25, 0.3) is 0 Å². The van der Waals surface area contributed by atoms with Crippen LogP contribution in [0.25, 0.3) is 0 Å². The van der Waals surface area contributed by atoms with Gasteiger partial charge in [0, 0.05) is 19.3 Å². The Kier molecular flexibility index (Phi) is 66.6. The monoisotopic (exact) mass is 1120 g/mol. The molecule has 0 saturated heterocycles. The molecule has 0 aromatic heterocycles. The second-order valence-corrected chi connectivity index (χ2v) is 24.1. The van der Waals surface area contributed by atoms with Crippen molar-refractivity contribution in [1.82, 2.24) is 0 Å². The molecule has 0 aromatic carbocycles. The lowest BCUT2D eigenvalue weighted by atomic mass is 10.0. The van der Waals surface area contributed by atoms with E-state index < -0.39 is 6.10 Å². The van der Waals surface area contributed by atoms with Gasteiger partial charge < -0.3 is 14.2 Å². The lowest BCUT2D eigenvalue weighted by Crippen LogP contribution is -2.30. The molecular formula is C74H136O6. The molecule has 0 aromatic rings. The first-order valence-electron chi connectivity index (χ1n) is 35.6. The minimum atomic E-state index is -0.782. The van der Waals surface area contributed by atoms with Crippen LogP contribution in [0.4, 0.5) is 0 Å². The number of allylic oxidation sites excluding steroid dienone is 8. The third kappa shape index (κ3) is 66.2. The standard InChI is InChI=1S/C74H136O6/c1-4-7-10-13-16-19-22-25-27-29-30-31-32-33-34-35-36-37-38-39-40-41-42-43-44-45-47-49-52-55-58-61-64-67-73(76)79-70-71(69-78-72(75)66-63-60-57-54-51-48-24-21-18-15-12-9-6-3)80-74(77)68-65-62-59-56-53-50-46-28-26-23-20-17-14-11-8-5-2/h12,15,21,24,28-30,46,71H,4-11,13-14,16-20,22-23,25-27,31-45,47-70H2,1-3H3/b15-12-,24-21-,30-29-,46-28-. The van der Waals surface area contributed by atoms with Crippen LogP contribution in [0.3, 0.4) is 0 Å². The maximum absolute atomic E-state index is 12.9. The van der Waals surface area contributed by atoms with E-state index in [4.69, 9.17) is 14.2 Å². The predicted molar refractivity (Wildman–Crippen MR) is 349 cm³/mol. The number of ether oxygens (including phenoxy) is 3. The highest BCUT2D eigenvalue weighted by Crippen LogP contribution is 2.18. The maximum atomic E-state index is 12.9. The van der Waals surface area contributed by atoms with Gasteiger partial charge in [0.05, 0.1) is 0 Å². The highest BCUT2D eigenvalue weighted by atomic mass is 16.6. The second kappa shape index (κ2) is 68.9. The summed E-state index contributed by atoms with van der Waals surface area (Å²) in [6, 6.07) is 0. The Morgan fingerprint density at radius 1 is 0.250 bits per heavy atom. The fourth-order valence-corrected chi connectivity index (χ4v) is 10.7. The molecule has 80 heavy (non-hydrogen) atoms. The smallest absolute Gasteiger partial charge is 0.306 e. The zero-order chi connectivity index (χ0) is 57.8. The summed E-state index contributed by atoms with van der Waals surface area (Å²) in [5.74, 6) is -0.878. The molecule has 0 radical (unpaired) electrons. The molecule has 0 saturated carbocycles. The normalized spacial score (nSPS) is 12.3. The Labute approximate surface area is 498 Å². The molecule has 1 atom stereocenters. The highest BCUT2D eigenvalue weighted by molar-refractivity contribution is 5.71. The first kappa shape index (κ1) is 77.4. The third-order valence-corrected chi connectivity index (χ3v) is 16.0. The zero-order valence-electron chi connectivity index (χ0n) is 53.9. The summed E-state index contributed by atoms with van der Waals surface area (Å²) < 4.78 is 16.9. The summed E-state index contributed by atoms with van der Waals surface area (Å²) in [4.78, 5) is 38.3. The predicted octanol–water partition coefficient (Wildman–Crippen LogP) is 24.5. The number of carbonyl (C=O) groups excluding carboxylic acids is 3. The van der Waals surface area contributed by atoms with Gasteiger partial charge in [-0.25, -0.2) is 0 Å². The van der Waals surface area contributed by atoms with Gasteiger partial charge in [-0.3, -0.25) is 14.4 Å². The molecule has 0 aliphatic heterocycles. The van der Waals surface area contributed by atoms with Crippen LogP contribution in [0.2, 0.25) is 0 Å². The average molecular weight is 1120 g/mol. The van der Waals surface area contributed by atoms with E-state index in [9.17, 15) is 14.4 Å². The van der Waals surface area contributed by atoms with E-state index in [1.54, 1.807) is 0 Å². The van der Waals surface area contributed by atoms with Crippen molar-refractivity contribution in [2.75, 3.05) is 13.2 Å². The van der Waals surface area contributed by atoms with Gasteiger partial charge in [0.15, 0.2) is 6.10 Å². The molecule has 0 N–H and O–H groups in total. The summed E-state index contributed by atoms with van der Waals surface area (Å²) in [5, 5.41) is 0. The molecule has 0 amide bonds. The average Bonchev–Trinajstić information content (AvgIpc) is 3.46. The van der Waals surface area contributed by atoms with Gasteiger partial charge in [-0.05, 0) is 96.3 Å². The largest absolute Gasteiger partial charge is 0.462 e. The van der Waals surface area contributed by atoms with E-state index in [0.29, 0.717) is 19.3 Å². The van der Waals surface area contributed by atoms with Crippen LogP contribution in [-0.2, 0) is 28.6 Å². The summed E-state index contributed by atoms with van der Waals surface area (Å²) in [7, 11) is 0. The van der Waals surface area contributed by atoms with Gasteiger partial charge in [-0.1, -0.05) is 320 Å². The Bertz CT molecular complexity index is 1380. The van der Waals surface area contributed by atoms with Crippen molar-refractivity contribution in [3.05, 3.63) is 48.6 Å². The zero-order valence-corrected chi connectivity index (χ0v) is 53.9. The van der Waals surface area contributed by atoms with Crippen LogP contribution < -0.4 is 0 Å². The van der Waals surface area contributed by atoms with Crippen molar-refractivity contribution in [3.63, 3.8) is 0 Å². The number of hydrogen-bond donors (Lipinski definition) is 0. The number of carbonyl (C=O) groups is 3. The van der Waals surface area contributed by atoms with Crippen LogP contribution in [0.5, 0.6) is 0 Å². The number of hydrogen-bond acceptors (Lipinski definition) is 6. The minimum absolute atomic E-state index is 0.0773. The molecule has 1 unspecified atom stereocenters. The van der Waals surface area contributed by atoms with Crippen LogP contribution in [0.15, 0.2) is 48.6 Å². The van der Waals surface area contributed by atoms with E-state index in [1.807, 2.05) is 0 Å². The number of unbranched alkanes of at least 4 members (excludes halogenated alkanes) is 47. The van der Waals surface area contributed by atoms with Crippen LogP contribution in [0.1, 0.15) is 387 Å². The first-order chi connectivity index (χ1) is 39.5. The lowest BCUT2D eigenvalue weighted by Gasteiger charge is -2.18. The van der Waals surface area contributed by atoms with Crippen LogP contribution in [-0.4, -0.2) is 37.2 Å². The third-order valence-electron chi connectivity index (χ3n) is 16.0. The summed E-state index contributed by atoms with van der Waals surface area (Å²) in [6.07, 6.45) is 87.3. The fraction of sp³-hybridized carbons (Fsp3) is 0.851. The summed E-state index contributed by atoms with van der Waals surface area (Å²) in [6.45, 7) is 6.61. The Morgan fingerprint density at radius 3 is 0.750 bits per heavy atom. The number of esters is 3. The quantitative estimate of drug-likeness (QED) is 0.0261. The molecule has 0 rings (SSSR count). The second-order valence-electron chi connectivity index (χ2n) is 24.1. The Hall–Kier alpha value is -2.63. The molecule has 6 nitrogen and oxygen atoms in total. The van der Waals surface area contributed by atoms with Crippen molar-refractivity contribution >= 4 is 17.9 Å². The summed E-state index contributed by atoms with van der Waals surface area (Å²) in [5.41, 5.74) is 0. The van der Waals surface area contributed by atoms with Crippen LogP contribution >= 0.6 is 0 Å². The summed E-state index contributed by atoms with van der Waals surface area (Å²) >= 11 is 0. The SMILES string of the molecule is CCC/C=C\C/C=C\CCCCCCCC(=O)OCC(COC(=O)CCCCCCCCCCCCCCCCCCCCCCC/C=C\CCCCCCCCCC)OC(=O)CCCCCCC/C=C\CCCCCCCCC. The van der Waals surface area contributed by atoms with Crippen molar-refractivity contribution in [3.8, 4) is 0 Å².